The maximum Gasteiger partial charge on any atom is 0.332 e. The van der Waals surface area contributed by atoms with Gasteiger partial charge in [-0.3, -0.25) is 18.5 Å². The van der Waals surface area contributed by atoms with Crippen LogP contribution in [0.3, 0.4) is 0 Å². The maximum atomic E-state index is 14.3. The van der Waals surface area contributed by atoms with Crippen molar-refractivity contribution in [3.63, 3.8) is 0 Å². The molecule has 0 saturated heterocycles. The first kappa shape index (κ1) is 19.5. The van der Waals surface area contributed by atoms with Crippen LogP contribution in [0, 0.1) is 17.5 Å². The number of fused-ring (bicyclic) bond motifs is 1. The summed E-state index contributed by atoms with van der Waals surface area (Å²) in [7, 11) is 2.71. The van der Waals surface area contributed by atoms with E-state index in [1.165, 1.54) is 36.9 Å². The Morgan fingerprint density at radius 3 is 2.40 bits per heavy atom. The third kappa shape index (κ3) is 3.15. The minimum Gasteiger partial charge on any atom is -0.422 e. The van der Waals surface area contributed by atoms with Crippen molar-refractivity contribution in [2.75, 3.05) is 0 Å². The van der Waals surface area contributed by atoms with Gasteiger partial charge in [0.25, 0.3) is 5.56 Å². The average molecular weight is 416 g/mol. The Morgan fingerprint density at radius 1 is 0.967 bits per heavy atom. The first-order valence-corrected chi connectivity index (χ1v) is 8.80. The number of benzene rings is 2. The summed E-state index contributed by atoms with van der Waals surface area (Å²) < 4.78 is 50.4. The summed E-state index contributed by atoms with van der Waals surface area (Å²) in [6.45, 7) is -0.172. The molecule has 0 radical (unpaired) electrons. The predicted molar refractivity (Wildman–Crippen MR) is 102 cm³/mol. The number of imidazole rings is 1. The molecule has 7 nitrogen and oxygen atoms in total. The molecule has 154 valence electrons. The number of hydrogen-bond acceptors (Lipinski definition) is 4. The SMILES string of the molecule is Cn1c(=O)c2c(nc(Oc3ccc(F)cc3F)n2Cc2ccccc2F)n(C)c1=O. The lowest BCUT2D eigenvalue weighted by Crippen LogP contribution is -2.37. The van der Waals surface area contributed by atoms with Gasteiger partial charge in [-0.1, -0.05) is 18.2 Å². The summed E-state index contributed by atoms with van der Waals surface area (Å²) >= 11 is 0. The van der Waals surface area contributed by atoms with E-state index in [-0.39, 0.29) is 35.0 Å². The number of hydrogen-bond donors (Lipinski definition) is 0. The molecule has 0 aliphatic carbocycles. The quantitative estimate of drug-likeness (QED) is 0.513. The van der Waals surface area contributed by atoms with E-state index in [1.807, 2.05) is 0 Å². The van der Waals surface area contributed by atoms with E-state index in [4.69, 9.17) is 4.74 Å². The third-order valence-electron chi connectivity index (χ3n) is 4.69. The molecule has 10 heteroatoms. The van der Waals surface area contributed by atoms with E-state index < -0.39 is 28.7 Å². The molecule has 4 rings (SSSR count). The summed E-state index contributed by atoms with van der Waals surface area (Å²) in [4.78, 5) is 29.2. The van der Waals surface area contributed by atoms with Gasteiger partial charge in [-0.05, 0) is 18.2 Å². The van der Waals surface area contributed by atoms with Crippen LogP contribution in [0.15, 0.2) is 52.1 Å². The van der Waals surface area contributed by atoms with Crippen molar-refractivity contribution in [1.29, 1.82) is 0 Å². The van der Waals surface area contributed by atoms with Crippen molar-refractivity contribution >= 4 is 11.2 Å². The van der Waals surface area contributed by atoms with E-state index in [9.17, 15) is 22.8 Å². The topological polar surface area (TPSA) is 71.1 Å². The van der Waals surface area contributed by atoms with Gasteiger partial charge in [-0.2, -0.15) is 4.98 Å². The highest BCUT2D eigenvalue weighted by atomic mass is 19.1. The van der Waals surface area contributed by atoms with Crippen LogP contribution in [0.5, 0.6) is 11.8 Å². The van der Waals surface area contributed by atoms with Crippen LogP contribution in [-0.4, -0.2) is 18.7 Å². The van der Waals surface area contributed by atoms with Crippen LogP contribution in [0.4, 0.5) is 13.2 Å². The zero-order valence-corrected chi connectivity index (χ0v) is 15.9. The Hall–Kier alpha value is -3.82. The van der Waals surface area contributed by atoms with Crippen molar-refractivity contribution in [1.82, 2.24) is 18.7 Å². The number of aryl methyl sites for hydroxylation is 1. The van der Waals surface area contributed by atoms with Crippen molar-refractivity contribution in [2.24, 2.45) is 14.1 Å². The fraction of sp³-hybridized carbons (Fsp3) is 0.150. The van der Waals surface area contributed by atoms with Crippen molar-refractivity contribution < 1.29 is 17.9 Å². The molecule has 0 aliphatic heterocycles. The van der Waals surface area contributed by atoms with Gasteiger partial charge < -0.3 is 4.74 Å². The summed E-state index contributed by atoms with van der Waals surface area (Å²) in [5.41, 5.74) is -1.12. The highest BCUT2D eigenvalue weighted by molar-refractivity contribution is 5.72. The molecular weight excluding hydrogens is 401 g/mol. The van der Waals surface area contributed by atoms with E-state index in [0.717, 1.165) is 21.3 Å². The molecule has 2 aromatic heterocycles. The van der Waals surface area contributed by atoms with Gasteiger partial charge >= 0.3 is 11.7 Å². The first-order valence-electron chi connectivity index (χ1n) is 8.80. The number of halogens is 3. The Morgan fingerprint density at radius 2 is 1.70 bits per heavy atom. The number of rotatable bonds is 4. The lowest BCUT2D eigenvalue weighted by Gasteiger charge is -2.11. The van der Waals surface area contributed by atoms with Crippen LogP contribution < -0.4 is 16.0 Å². The van der Waals surface area contributed by atoms with E-state index in [2.05, 4.69) is 4.98 Å². The van der Waals surface area contributed by atoms with Crippen LogP contribution in [-0.2, 0) is 20.6 Å². The minimum absolute atomic E-state index is 0.0167. The molecule has 2 aromatic carbocycles. The number of aromatic nitrogens is 4. The fourth-order valence-corrected chi connectivity index (χ4v) is 3.10. The molecule has 0 N–H and O–H groups in total. The van der Waals surface area contributed by atoms with E-state index in [0.29, 0.717) is 6.07 Å². The molecule has 0 atom stereocenters. The second-order valence-electron chi connectivity index (χ2n) is 6.63. The number of ether oxygens (including phenoxy) is 1. The van der Waals surface area contributed by atoms with Crippen molar-refractivity contribution in [2.45, 2.75) is 6.54 Å². The van der Waals surface area contributed by atoms with Gasteiger partial charge in [-0.15, -0.1) is 0 Å². The Bertz CT molecular complexity index is 1410. The molecule has 4 aromatic rings. The highest BCUT2D eigenvalue weighted by Gasteiger charge is 2.22. The molecule has 0 fully saturated rings. The van der Waals surface area contributed by atoms with Gasteiger partial charge in [0.1, 0.15) is 11.6 Å². The highest BCUT2D eigenvalue weighted by Crippen LogP contribution is 2.27. The summed E-state index contributed by atoms with van der Waals surface area (Å²) in [6.07, 6.45) is 0. The van der Waals surface area contributed by atoms with Crippen molar-refractivity contribution in [3.05, 3.63) is 86.3 Å². The average Bonchev–Trinajstić information content (AvgIpc) is 3.07. The van der Waals surface area contributed by atoms with Crippen molar-refractivity contribution in [3.8, 4) is 11.8 Å². The molecule has 0 unspecified atom stereocenters. The Balaban J connectivity index is 1.97. The lowest BCUT2D eigenvalue weighted by atomic mass is 10.2. The van der Waals surface area contributed by atoms with E-state index in [1.54, 1.807) is 6.07 Å². The summed E-state index contributed by atoms with van der Waals surface area (Å²) in [5, 5.41) is 0. The third-order valence-corrected chi connectivity index (χ3v) is 4.69. The first-order chi connectivity index (χ1) is 14.3. The molecule has 0 saturated carbocycles. The lowest BCUT2D eigenvalue weighted by molar-refractivity contribution is 0.391. The van der Waals surface area contributed by atoms with Gasteiger partial charge in [0, 0.05) is 25.7 Å². The fourth-order valence-electron chi connectivity index (χ4n) is 3.10. The zero-order valence-electron chi connectivity index (χ0n) is 15.9. The van der Waals surface area contributed by atoms with Gasteiger partial charge in [0.2, 0.25) is 0 Å². The standard InChI is InChI=1S/C20H15F3N4O3/c1-25-17-16(18(28)26(2)20(25)29)27(10-11-5-3-4-6-13(11)22)19(24-17)30-15-8-7-12(21)9-14(15)23/h3-9H,10H2,1-2H3. The van der Waals surface area contributed by atoms with Crippen LogP contribution in [0.25, 0.3) is 11.2 Å². The van der Waals surface area contributed by atoms with Crippen LogP contribution >= 0.6 is 0 Å². The monoisotopic (exact) mass is 416 g/mol. The molecule has 0 bridgehead atoms. The van der Waals surface area contributed by atoms with Gasteiger partial charge in [0.15, 0.2) is 22.7 Å². The van der Waals surface area contributed by atoms with E-state index >= 15 is 0 Å². The molecular formula is C20H15F3N4O3. The maximum absolute atomic E-state index is 14.3. The Labute approximate surface area is 167 Å². The van der Waals surface area contributed by atoms with Gasteiger partial charge in [-0.25, -0.2) is 18.0 Å². The van der Waals surface area contributed by atoms with Crippen LogP contribution in [0.1, 0.15) is 5.56 Å². The molecule has 30 heavy (non-hydrogen) atoms. The summed E-state index contributed by atoms with van der Waals surface area (Å²) in [5.74, 6) is -2.65. The zero-order chi connectivity index (χ0) is 21.6. The Kier molecular flexibility index (Phi) is 4.69. The number of nitrogens with zero attached hydrogens (tertiary/aromatic N) is 4. The largest absolute Gasteiger partial charge is 0.422 e. The predicted octanol–water partition coefficient (Wildman–Crippen LogP) is 2.69. The second-order valence-corrected chi connectivity index (χ2v) is 6.63. The molecule has 0 aliphatic rings. The van der Waals surface area contributed by atoms with Crippen LogP contribution in [0.2, 0.25) is 0 Å². The summed E-state index contributed by atoms with van der Waals surface area (Å²) in [6, 6.07) is 8.33. The normalized spacial score (nSPS) is 11.2. The minimum atomic E-state index is -0.985. The molecule has 2 heterocycles. The molecule has 0 spiro atoms. The molecule has 0 amide bonds. The smallest absolute Gasteiger partial charge is 0.332 e. The van der Waals surface area contributed by atoms with Gasteiger partial charge in [0.05, 0.1) is 6.54 Å². The second kappa shape index (κ2) is 7.21.